The number of carbonyl (C=O) groups excluding carboxylic acids is 1. The van der Waals surface area contributed by atoms with Crippen molar-refractivity contribution in [1.29, 1.82) is 0 Å². The maximum atomic E-state index is 12.9. The molecule has 1 saturated heterocycles. The fourth-order valence-electron chi connectivity index (χ4n) is 3.76. The Morgan fingerprint density at radius 1 is 1.29 bits per heavy atom. The summed E-state index contributed by atoms with van der Waals surface area (Å²) in [6, 6.07) is 8.10. The van der Waals surface area contributed by atoms with Crippen molar-refractivity contribution < 1.29 is 9.53 Å². The van der Waals surface area contributed by atoms with Crippen LogP contribution in [0.3, 0.4) is 0 Å². The van der Waals surface area contributed by atoms with Crippen LogP contribution in [0.5, 0.6) is 5.75 Å². The maximum absolute atomic E-state index is 12.9. The second-order valence-electron chi connectivity index (χ2n) is 6.65. The Morgan fingerprint density at radius 3 is 2.88 bits per heavy atom. The predicted octanol–water partition coefficient (Wildman–Crippen LogP) is 2.06. The second-order valence-corrected chi connectivity index (χ2v) is 6.65. The highest BCUT2D eigenvalue weighted by Gasteiger charge is 2.35. The molecule has 0 radical (unpaired) electrons. The number of benzene rings is 1. The number of aryl methyl sites for hydroxylation is 2. The molecular formula is C18H22N4O2. The summed E-state index contributed by atoms with van der Waals surface area (Å²) in [5, 5.41) is 4.49. The van der Waals surface area contributed by atoms with E-state index in [1.807, 2.05) is 47.7 Å². The Morgan fingerprint density at radius 2 is 2.12 bits per heavy atom. The van der Waals surface area contributed by atoms with Gasteiger partial charge in [-0.05, 0) is 38.3 Å². The third-order valence-electron chi connectivity index (χ3n) is 4.88. The van der Waals surface area contributed by atoms with Crippen LogP contribution < -0.4 is 4.74 Å². The Kier molecular flexibility index (Phi) is 3.75. The van der Waals surface area contributed by atoms with Gasteiger partial charge in [-0.3, -0.25) is 4.79 Å². The van der Waals surface area contributed by atoms with E-state index in [1.165, 1.54) is 0 Å². The molecule has 4 rings (SSSR count). The number of amides is 1. The van der Waals surface area contributed by atoms with Gasteiger partial charge in [-0.2, -0.15) is 5.10 Å². The molecule has 2 aliphatic heterocycles. The van der Waals surface area contributed by atoms with Gasteiger partial charge in [-0.1, -0.05) is 18.2 Å². The van der Waals surface area contributed by atoms with E-state index in [0.29, 0.717) is 13.0 Å². The van der Waals surface area contributed by atoms with E-state index < -0.39 is 0 Å². The van der Waals surface area contributed by atoms with Crippen LogP contribution in [0.4, 0.5) is 0 Å². The van der Waals surface area contributed by atoms with E-state index in [4.69, 9.17) is 4.74 Å². The number of para-hydroxylation sites is 1. The van der Waals surface area contributed by atoms with Crippen LogP contribution in [0, 0.1) is 13.8 Å². The molecule has 1 amide bonds. The molecule has 6 heteroatoms. The average molecular weight is 326 g/mol. The molecule has 3 heterocycles. The van der Waals surface area contributed by atoms with Crippen LogP contribution in [0.2, 0.25) is 0 Å². The van der Waals surface area contributed by atoms with Crippen molar-refractivity contribution in [2.75, 3.05) is 13.1 Å². The van der Waals surface area contributed by atoms with Crippen molar-refractivity contribution in [2.24, 2.45) is 0 Å². The first-order chi connectivity index (χ1) is 11.6. The molecule has 6 nitrogen and oxygen atoms in total. The third kappa shape index (κ3) is 2.66. The number of carbonyl (C=O) groups is 1. The highest BCUT2D eigenvalue weighted by molar-refractivity contribution is 5.82. The van der Waals surface area contributed by atoms with E-state index in [1.54, 1.807) is 0 Å². The number of ether oxygens (including phenoxy) is 1. The van der Waals surface area contributed by atoms with Gasteiger partial charge in [0.25, 0.3) is 5.91 Å². The topological polar surface area (TPSA) is 60.2 Å². The van der Waals surface area contributed by atoms with E-state index in [2.05, 4.69) is 10.1 Å². The largest absolute Gasteiger partial charge is 0.480 e. The van der Waals surface area contributed by atoms with Crippen LogP contribution in [0.15, 0.2) is 24.3 Å². The minimum absolute atomic E-state index is 0.0883. The van der Waals surface area contributed by atoms with Crippen molar-refractivity contribution in [3.8, 4) is 5.75 Å². The summed E-state index contributed by atoms with van der Waals surface area (Å²) in [6.45, 7) is 5.34. The highest BCUT2D eigenvalue weighted by Crippen LogP contribution is 2.30. The van der Waals surface area contributed by atoms with Crippen LogP contribution in [0.1, 0.15) is 36.1 Å². The molecule has 0 N–H and O–H groups in total. The summed E-state index contributed by atoms with van der Waals surface area (Å²) in [4.78, 5) is 19.2. The SMILES string of the molecule is Cc1nc(C)n([C@H]2CCCN(C(=O)[C@@H]3Cc4ccccc4O3)C2)n1. The molecule has 0 spiro atoms. The maximum Gasteiger partial charge on any atom is 0.264 e. The van der Waals surface area contributed by atoms with Crippen molar-refractivity contribution in [3.63, 3.8) is 0 Å². The van der Waals surface area contributed by atoms with Gasteiger partial charge >= 0.3 is 0 Å². The molecule has 2 aliphatic rings. The summed E-state index contributed by atoms with van der Waals surface area (Å²) in [5.74, 6) is 2.62. The zero-order valence-corrected chi connectivity index (χ0v) is 14.1. The molecule has 0 aliphatic carbocycles. The number of nitrogens with zero attached hydrogens (tertiary/aromatic N) is 4. The lowest BCUT2D eigenvalue weighted by molar-refractivity contribution is -0.139. The lowest BCUT2D eigenvalue weighted by Gasteiger charge is -2.34. The van der Waals surface area contributed by atoms with Crippen LogP contribution in [-0.2, 0) is 11.2 Å². The fourth-order valence-corrected chi connectivity index (χ4v) is 3.76. The van der Waals surface area contributed by atoms with Gasteiger partial charge in [0.1, 0.15) is 17.4 Å². The minimum Gasteiger partial charge on any atom is -0.480 e. The number of piperidine rings is 1. The van der Waals surface area contributed by atoms with Gasteiger partial charge in [0.2, 0.25) is 0 Å². The Labute approximate surface area is 141 Å². The van der Waals surface area contributed by atoms with Crippen LogP contribution >= 0.6 is 0 Å². The van der Waals surface area contributed by atoms with Gasteiger partial charge in [0.15, 0.2) is 6.10 Å². The molecule has 0 saturated carbocycles. The number of hydrogen-bond donors (Lipinski definition) is 0. The zero-order valence-electron chi connectivity index (χ0n) is 14.1. The van der Waals surface area contributed by atoms with Crippen molar-refractivity contribution in [3.05, 3.63) is 41.5 Å². The number of aromatic nitrogens is 3. The molecular weight excluding hydrogens is 304 g/mol. The Balaban J connectivity index is 1.47. The third-order valence-corrected chi connectivity index (χ3v) is 4.88. The van der Waals surface area contributed by atoms with Crippen LogP contribution in [-0.4, -0.2) is 44.8 Å². The van der Waals surface area contributed by atoms with E-state index in [9.17, 15) is 4.79 Å². The molecule has 2 atom stereocenters. The van der Waals surface area contributed by atoms with E-state index >= 15 is 0 Å². The van der Waals surface area contributed by atoms with Gasteiger partial charge in [0, 0.05) is 19.5 Å². The van der Waals surface area contributed by atoms with Gasteiger partial charge in [-0.25, -0.2) is 9.67 Å². The van der Waals surface area contributed by atoms with E-state index in [-0.39, 0.29) is 18.1 Å². The Hall–Kier alpha value is -2.37. The molecule has 2 aromatic rings. The van der Waals surface area contributed by atoms with Crippen molar-refractivity contribution >= 4 is 5.91 Å². The summed E-state index contributed by atoms with van der Waals surface area (Å²) < 4.78 is 7.84. The van der Waals surface area contributed by atoms with Crippen molar-refractivity contribution in [1.82, 2.24) is 19.7 Å². The number of hydrogen-bond acceptors (Lipinski definition) is 4. The molecule has 1 fully saturated rings. The average Bonchev–Trinajstić information content (AvgIpc) is 3.17. The lowest BCUT2D eigenvalue weighted by Crippen LogP contribution is -2.47. The van der Waals surface area contributed by atoms with Crippen molar-refractivity contribution in [2.45, 2.75) is 45.3 Å². The summed E-state index contributed by atoms with van der Waals surface area (Å²) in [6.07, 6.45) is 2.28. The predicted molar refractivity (Wildman–Crippen MR) is 88.9 cm³/mol. The summed E-state index contributed by atoms with van der Waals surface area (Å²) in [7, 11) is 0. The molecule has 1 aromatic heterocycles. The number of likely N-dealkylation sites (tertiary alicyclic amines) is 1. The van der Waals surface area contributed by atoms with Crippen LogP contribution in [0.25, 0.3) is 0 Å². The monoisotopic (exact) mass is 326 g/mol. The zero-order chi connectivity index (χ0) is 16.7. The number of rotatable bonds is 2. The first-order valence-electron chi connectivity index (χ1n) is 8.55. The fraction of sp³-hybridized carbons (Fsp3) is 0.500. The quantitative estimate of drug-likeness (QED) is 0.847. The van der Waals surface area contributed by atoms with E-state index in [0.717, 1.165) is 42.3 Å². The smallest absolute Gasteiger partial charge is 0.264 e. The van der Waals surface area contributed by atoms with Gasteiger partial charge in [-0.15, -0.1) is 0 Å². The molecule has 24 heavy (non-hydrogen) atoms. The molecule has 126 valence electrons. The minimum atomic E-state index is -0.389. The first kappa shape index (κ1) is 15.2. The Bertz CT molecular complexity index is 745. The molecule has 1 aromatic carbocycles. The van der Waals surface area contributed by atoms with Gasteiger partial charge in [0.05, 0.1) is 6.04 Å². The first-order valence-corrected chi connectivity index (χ1v) is 8.55. The molecule has 0 bridgehead atoms. The standard InChI is InChI=1S/C18H22N4O2/c1-12-19-13(2)22(20-12)15-7-5-9-21(11-15)18(23)17-10-14-6-3-4-8-16(14)24-17/h3-4,6,8,15,17H,5,7,9-11H2,1-2H3/t15-,17-/m0/s1. The normalized spacial score (nSPS) is 23.0. The summed E-state index contributed by atoms with van der Waals surface area (Å²) in [5.41, 5.74) is 1.12. The summed E-state index contributed by atoms with van der Waals surface area (Å²) >= 11 is 0. The second kappa shape index (κ2) is 5.92. The lowest BCUT2D eigenvalue weighted by atomic mass is 10.0. The number of fused-ring (bicyclic) bond motifs is 1. The molecule has 0 unspecified atom stereocenters. The van der Waals surface area contributed by atoms with Gasteiger partial charge < -0.3 is 9.64 Å². The highest BCUT2D eigenvalue weighted by atomic mass is 16.5.